The van der Waals surface area contributed by atoms with Crippen LogP contribution in [0.25, 0.3) is 0 Å². The molecule has 1 amide bonds. The number of amides is 1. The van der Waals surface area contributed by atoms with Gasteiger partial charge in [0.25, 0.3) is 0 Å². The summed E-state index contributed by atoms with van der Waals surface area (Å²) in [6.07, 6.45) is 4.31. The SMILES string of the molecule is CCC(C)(CN)C(=O)NC1CC(C)CC(C)C1. The highest BCUT2D eigenvalue weighted by Crippen LogP contribution is 2.29. The number of hydrogen-bond donors (Lipinski definition) is 2. The number of carbonyl (C=O) groups is 1. The molecule has 3 unspecified atom stereocenters. The Labute approximate surface area is 106 Å². The maximum absolute atomic E-state index is 12.2. The minimum atomic E-state index is -0.399. The first kappa shape index (κ1) is 14.5. The third kappa shape index (κ3) is 3.70. The molecule has 3 N–H and O–H groups in total. The number of carbonyl (C=O) groups excluding carboxylic acids is 1. The van der Waals surface area contributed by atoms with Crippen molar-refractivity contribution in [1.82, 2.24) is 5.32 Å². The minimum Gasteiger partial charge on any atom is -0.353 e. The Balaban J connectivity index is 2.56. The molecule has 3 heteroatoms. The van der Waals surface area contributed by atoms with Crippen molar-refractivity contribution in [1.29, 1.82) is 0 Å². The lowest BCUT2D eigenvalue weighted by Crippen LogP contribution is -2.49. The average molecular weight is 240 g/mol. The van der Waals surface area contributed by atoms with E-state index in [9.17, 15) is 4.79 Å². The molecule has 0 bridgehead atoms. The summed E-state index contributed by atoms with van der Waals surface area (Å²) in [4.78, 5) is 12.2. The molecule has 1 fully saturated rings. The van der Waals surface area contributed by atoms with Crippen LogP contribution in [-0.2, 0) is 4.79 Å². The highest BCUT2D eigenvalue weighted by molar-refractivity contribution is 5.82. The summed E-state index contributed by atoms with van der Waals surface area (Å²) in [6, 6.07) is 0.346. The molecule has 1 aliphatic carbocycles. The first-order valence-corrected chi connectivity index (χ1v) is 6.92. The fraction of sp³-hybridized carbons (Fsp3) is 0.929. The van der Waals surface area contributed by atoms with E-state index < -0.39 is 5.41 Å². The third-order valence-electron chi connectivity index (χ3n) is 4.29. The zero-order valence-corrected chi connectivity index (χ0v) is 11.8. The van der Waals surface area contributed by atoms with Gasteiger partial charge in [0.15, 0.2) is 0 Å². The largest absolute Gasteiger partial charge is 0.353 e. The molecule has 0 radical (unpaired) electrons. The van der Waals surface area contributed by atoms with Gasteiger partial charge in [0.05, 0.1) is 5.41 Å². The van der Waals surface area contributed by atoms with Crippen molar-refractivity contribution in [2.45, 2.75) is 59.4 Å². The molecule has 0 aromatic rings. The van der Waals surface area contributed by atoms with Crippen LogP contribution in [0.3, 0.4) is 0 Å². The molecule has 0 aromatic carbocycles. The van der Waals surface area contributed by atoms with Gasteiger partial charge in [0.2, 0.25) is 5.91 Å². The maximum atomic E-state index is 12.2. The molecule has 1 aliphatic rings. The van der Waals surface area contributed by atoms with E-state index in [2.05, 4.69) is 19.2 Å². The summed E-state index contributed by atoms with van der Waals surface area (Å²) in [5.41, 5.74) is 5.32. The van der Waals surface area contributed by atoms with Crippen LogP contribution < -0.4 is 11.1 Å². The van der Waals surface area contributed by atoms with Crippen molar-refractivity contribution in [2.24, 2.45) is 23.0 Å². The highest BCUT2D eigenvalue weighted by atomic mass is 16.2. The van der Waals surface area contributed by atoms with Crippen molar-refractivity contribution in [3.05, 3.63) is 0 Å². The summed E-state index contributed by atoms with van der Waals surface area (Å²) in [6.45, 7) is 8.96. The number of nitrogens with two attached hydrogens (primary N) is 1. The zero-order valence-electron chi connectivity index (χ0n) is 11.8. The first-order chi connectivity index (χ1) is 7.91. The molecule has 1 rings (SSSR count). The Bertz CT molecular complexity index is 251. The lowest BCUT2D eigenvalue weighted by Gasteiger charge is -2.35. The van der Waals surface area contributed by atoms with Crippen LogP contribution in [0.2, 0.25) is 0 Å². The Hall–Kier alpha value is -0.570. The van der Waals surface area contributed by atoms with Crippen LogP contribution in [0.1, 0.15) is 53.4 Å². The van der Waals surface area contributed by atoms with Crippen molar-refractivity contribution in [3.8, 4) is 0 Å². The van der Waals surface area contributed by atoms with Gasteiger partial charge < -0.3 is 11.1 Å². The van der Waals surface area contributed by atoms with Crippen LogP contribution in [0.4, 0.5) is 0 Å². The van der Waals surface area contributed by atoms with Crippen LogP contribution in [-0.4, -0.2) is 18.5 Å². The molecular weight excluding hydrogens is 212 g/mol. The average Bonchev–Trinajstić information content (AvgIpc) is 2.26. The van der Waals surface area contributed by atoms with Gasteiger partial charge in [0, 0.05) is 12.6 Å². The molecule has 3 nitrogen and oxygen atoms in total. The maximum Gasteiger partial charge on any atom is 0.227 e. The Morgan fingerprint density at radius 2 is 1.82 bits per heavy atom. The quantitative estimate of drug-likeness (QED) is 0.792. The second-order valence-corrected chi connectivity index (χ2v) is 6.21. The van der Waals surface area contributed by atoms with E-state index in [1.54, 1.807) is 0 Å². The number of hydrogen-bond acceptors (Lipinski definition) is 2. The van der Waals surface area contributed by atoms with Crippen LogP contribution in [0, 0.1) is 17.3 Å². The smallest absolute Gasteiger partial charge is 0.227 e. The molecule has 0 aromatic heterocycles. The lowest BCUT2D eigenvalue weighted by atomic mass is 9.79. The molecule has 3 atom stereocenters. The van der Waals surface area contributed by atoms with E-state index in [0.717, 1.165) is 31.1 Å². The van der Waals surface area contributed by atoms with Gasteiger partial charge in [-0.1, -0.05) is 20.8 Å². The molecule has 100 valence electrons. The molecule has 1 saturated carbocycles. The van der Waals surface area contributed by atoms with E-state index >= 15 is 0 Å². The highest BCUT2D eigenvalue weighted by Gasteiger charge is 2.33. The van der Waals surface area contributed by atoms with Gasteiger partial charge in [-0.05, 0) is 44.4 Å². The third-order valence-corrected chi connectivity index (χ3v) is 4.29. The van der Waals surface area contributed by atoms with Crippen molar-refractivity contribution >= 4 is 5.91 Å². The van der Waals surface area contributed by atoms with Crippen LogP contribution >= 0.6 is 0 Å². The minimum absolute atomic E-state index is 0.133. The van der Waals surface area contributed by atoms with E-state index in [4.69, 9.17) is 5.73 Å². The van der Waals surface area contributed by atoms with E-state index in [1.165, 1.54) is 6.42 Å². The number of nitrogens with one attached hydrogen (secondary N) is 1. The van der Waals surface area contributed by atoms with Crippen LogP contribution in [0.5, 0.6) is 0 Å². The van der Waals surface area contributed by atoms with Crippen LogP contribution in [0.15, 0.2) is 0 Å². The van der Waals surface area contributed by atoms with Gasteiger partial charge in [-0.25, -0.2) is 0 Å². The molecule has 17 heavy (non-hydrogen) atoms. The van der Waals surface area contributed by atoms with Crippen molar-refractivity contribution < 1.29 is 4.79 Å². The van der Waals surface area contributed by atoms with Gasteiger partial charge in [-0.2, -0.15) is 0 Å². The van der Waals surface area contributed by atoms with Gasteiger partial charge in [-0.15, -0.1) is 0 Å². The van der Waals surface area contributed by atoms with Gasteiger partial charge in [-0.3, -0.25) is 4.79 Å². The predicted octanol–water partition coefficient (Wildman–Crippen LogP) is 2.30. The molecule has 0 heterocycles. The predicted molar refractivity (Wildman–Crippen MR) is 71.6 cm³/mol. The fourth-order valence-corrected chi connectivity index (χ4v) is 2.82. The van der Waals surface area contributed by atoms with Crippen molar-refractivity contribution in [2.75, 3.05) is 6.54 Å². The summed E-state index contributed by atoms with van der Waals surface area (Å²) < 4.78 is 0. The van der Waals surface area contributed by atoms with E-state index in [1.807, 2.05) is 13.8 Å². The molecule has 0 spiro atoms. The van der Waals surface area contributed by atoms with Gasteiger partial charge >= 0.3 is 0 Å². The second kappa shape index (κ2) is 5.85. The fourth-order valence-electron chi connectivity index (χ4n) is 2.82. The van der Waals surface area contributed by atoms with E-state index in [0.29, 0.717) is 12.6 Å². The number of rotatable bonds is 4. The molecular formula is C14H28N2O. The molecule has 0 saturated heterocycles. The monoisotopic (exact) mass is 240 g/mol. The second-order valence-electron chi connectivity index (χ2n) is 6.21. The van der Waals surface area contributed by atoms with Gasteiger partial charge in [0.1, 0.15) is 0 Å². The summed E-state index contributed by atoms with van der Waals surface area (Å²) in [7, 11) is 0. The lowest BCUT2D eigenvalue weighted by molar-refractivity contribution is -0.131. The normalized spacial score (nSPS) is 32.9. The zero-order chi connectivity index (χ0) is 13.1. The van der Waals surface area contributed by atoms with Crippen molar-refractivity contribution in [3.63, 3.8) is 0 Å². The Morgan fingerprint density at radius 1 is 1.29 bits per heavy atom. The summed E-state index contributed by atoms with van der Waals surface area (Å²) in [5, 5.41) is 3.20. The molecule has 0 aliphatic heterocycles. The van der Waals surface area contributed by atoms with E-state index in [-0.39, 0.29) is 5.91 Å². The Kier molecular flexibility index (Phi) is 4.99. The first-order valence-electron chi connectivity index (χ1n) is 6.92. The summed E-state index contributed by atoms with van der Waals surface area (Å²) in [5.74, 6) is 1.57. The summed E-state index contributed by atoms with van der Waals surface area (Å²) >= 11 is 0. The Morgan fingerprint density at radius 3 is 2.24 bits per heavy atom. The standard InChI is InChI=1S/C14H28N2O/c1-5-14(4,9-15)13(17)16-12-7-10(2)6-11(3)8-12/h10-12H,5-9,15H2,1-4H3,(H,16,17). The topological polar surface area (TPSA) is 55.1 Å².